The average molecular weight is 397 g/mol. The fraction of sp³-hybridized carbons (Fsp3) is 0.789. The lowest BCUT2D eigenvalue weighted by atomic mass is 9.86. The zero-order valence-corrected chi connectivity index (χ0v) is 17.2. The average Bonchev–Trinajstić information content (AvgIpc) is 3.16. The van der Waals surface area contributed by atoms with Crippen LogP contribution in [0.3, 0.4) is 0 Å². The van der Waals surface area contributed by atoms with Crippen LogP contribution in [0.1, 0.15) is 65.2 Å². The second-order valence-corrected chi connectivity index (χ2v) is 10.4. The Balaban J connectivity index is 1.40. The summed E-state index contributed by atoms with van der Waals surface area (Å²) in [5.41, 5.74) is 0. The number of nitrogens with one attached hydrogen (secondary N) is 2. The van der Waals surface area contributed by atoms with E-state index in [1.807, 2.05) is 12.1 Å². The zero-order chi connectivity index (χ0) is 19.3. The minimum absolute atomic E-state index is 0.293. The summed E-state index contributed by atoms with van der Waals surface area (Å²) in [5, 5.41) is 11.5. The fourth-order valence-electron chi connectivity index (χ4n) is 3.76. The zero-order valence-electron chi connectivity index (χ0n) is 16.4. The van der Waals surface area contributed by atoms with Crippen LogP contribution >= 0.6 is 0 Å². The standard InChI is InChI=1S/C19H32N4O3S/c1-14(2)27(24,25)20-13-15-7-9-16(10-8-15)21-18-11-12-19(23-22-18)26-17-5-3-4-6-17/h11-12,14-17,20H,3-10,13H2,1-2H3,(H,21,22)/t15-,16-. The Morgan fingerprint density at radius 1 is 1.07 bits per heavy atom. The Morgan fingerprint density at radius 2 is 1.78 bits per heavy atom. The number of hydrogen-bond acceptors (Lipinski definition) is 6. The number of rotatable bonds is 8. The first kappa shape index (κ1) is 20.3. The van der Waals surface area contributed by atoms with Crippen LogP contribution in [-0.2, 0) is 10.0 Å². The van der Waals surface area contributed by atoms with Crippen LogP contribution in [0.15, 0.2) is 12.1 Å². The molecule has 0 spiro atoms. The molecule has 0 aliphatic heterocycles. The van der Waals surface area contributed by atoms with E-state index in [1.54, 1.807) is 13.8 Å². The highest BCUT2D eigenvalue weighted by atomic mass is 32.2. The van der Waals surface area contributed by atoms with Gasteiger partial charge in [0, 0.05) is 18.7 Å². The molecule has 0 atom stereocenters. The molecule has 2 aliphatic rings. The van der Waals surface area contributed by atoms with Gasteiger partial charge in [-0.1, -0.05) is 0 Å². The largest absolute Gasteiger partial charge is 0.473 e. The van der Waals surface area contributed by atoms with Gasteiger partial charge in [0.2, 0.25) is 15.9 Å². The summed E-state index contributed by atoms with van der Waals surface area (Å²) in [6.45, 7) is 3.95. The van der Waals surface area contributed by atoms with Crippen molar-refractivity contribution >= 4 is 15.8 Å². The highest BCUT2D eigenvalue weighted by Gasteiger charge is 2.24. The number of hydrogen-bond donors (Lipinski definition) is 2. The smallest absolute Gasteiger partial charge is 0.233 e. The summed E-state index contributed by atoms with van der Waals surface area (Å²) in [6, 6.07) is 4.18. The molecule has 3 rings (SSSR count). The minimum atomic E-state index is -3.17. The van der Waals surface area contributed by atoms with Gasteiger partial charge in [0.1, 0.15) is 11.9 Å². The van der Waals surface area contributed by atoms with E-state index >= 15 is 0 Å². The van der Waals surface area contributed by atoms with E-state index in [1.165, 1.54) is 12.8 Å². The molecular formula is C19H32N4O3S. The summed E-state index contributed by atoms with van der Waals surface area (Å²) < 4.78 is 32.3. The van der Waals surface area contributed by atoms with E-state index in [0.717, 1.165) is 44.3 Å². The first-order valence-electron chi connectivity index (χ1n) is 10.2. The van der Waals surface area contributed by atoms with Crippen molar-refractivity contribution < 1.29 is 13.2 Å². The molecule has 0 bridgehead atoms. The Kier molecular flexibility index (Phi) is 6.92. The van der Waals surface area contributed by atoms with Gasteiger partial charge >= 0.3 is 0 Å². The minimum Gasteiger partial charge on any atom is -0.473 e. The first-order chi connectivity index (χ1) is 12.9. The van der Waals surface area contributed by atoms with Crippen molar-refractivity contribution in [2.24, 2.45) is 5.92 Å². The molecule has 0 aromatic carbocycles. The van der Waals surface area contributed by atoms with Crippen molar-refractivity contribution in [3.05, 3.63) is 12.1 Å². The van der Waals surface area contributed by atoms with Gasteiger partial charge in [-0.2, -0.15) is 0 Å². The molecule has 0 saturated heterocycles. The predicted molar refractivity (Wildman–Crippen MR) is 106 cm³/mol. The number of nitrogens with zero attached hydrogens (tertiary/aromatic N) is 2. The van der Waals surface area contributed by atoms with Crippen molar-refractivity contribution in [3.63, 3.8) is 0 Å². The van der Waals surface area contributed by atoms with Crippen molar-refractivity contribution in [1.29, 1.82) is 0 Å². The molecule has 8 heteroatoms. The highest BCUT2D eigenvalue weighted by Crippen LogP contribution is 2.27. The lowest BCUT2D eigenvalue weighted by molar-refractivity contribution is 0.199. The number of aromatic nitrogens is 2. The molecule has 0 amide bonds. The van der Waals surface area contributed by atoms with E-state index in [4.69, 9.17) is 4.74 Å². The van der Waals surface area contributed by atoms with Crippen LogP contribution in [0.5, 0.6) is 5.88 Å². The van der Waals surface area contributed by atoms with Crippen molar-refractivity contribution in [3.8, 4) is 5.88 Å². The predicted octanol–water partition coefficient (Wildman–Crippen LogP) is 3.10. The van der Waals surface area contributed by atoms with Gasteiger partial charge in [0.25, 0.3) is 0 Å². The summed E-state index contributed by atoms with van der Waals surface area (Å²) in [6.07, 6.45) is 9.02. The van der Waals surface area contributed by atoms with E-state index in [0.29, 0.717) is 30.5 Å². The maximum Gasteiger partial charge on any atom is 0.233 e. The van der Waals surface area contributed by atoms with Crippen molar-refractivity contribution in [2.45, 2.75) is 82.6 Å². The maximum atomic E-state index is 11.9. The highest BCUT2D eigenvalue weighted by molar-refractivity contribution is 7.90. The third-order valence-corrected chi connectivity index (χ3v) is 7.43. The second-order valence-electron chi connectivity index (χ2n) is 8.09. The lowest BCUT2D eigenvalue weighted by Gasteiger charge is -2.29. The van der Waals surface area contributed by atoms with E-state index in [9.17, 15) is 8.42 Å². The summed E-state index contributed by atoms with van der Waals surface area (Å²) in [4.78, 5) is 0. The Labute approximate surface area is 162 Å². The lowest BCUT2D eigenvalue weighted by Crippen LogP contribution is -2.37. The first-order valence-corrected chi connectivity index (χ1v) is 11.7. The number of ether oxygens (including phenoxy) is 1. The van der Waals surface area contributed by atoms with Crippen LogP contribution in [-0.4, -0.2) is 42.6 Å². The third-order valence-electron chi connectivity index (χ3n) is 5.62. The molecule has 2 saturated carbocycles. The van der Waals surface area contributed by atoms with Crippen LogP contribution in [0.25, 0.3) is 0 Å². The molecule has 2 aliphatic carbocycles. The molecule has 2 N–H and O–H groups in total. The topological polar surface area (TPSA) is 93.2 Å². The second kappa shape index (κ2) is 9.19. The van der Waals surface area contributed by atoms with Crippen LogP contribution < -0.4 is 14.8 Å². The van der Waals surface area contributed by atoms with Gasteiger partial charge in [0.05, 0.1) is 5.25 Å². The molecule has 0 unspecified atom stereocenters. The maximum absolute atomic E-state index is 11.9. The Bertz CT molecular complexity index is 679. The third kappa shape index (κ3) is 6.04. The van der Waals surface area contributed by atoms with E-state index in [-0.39, 0.29) is 5.25 Å². The molecule has 7 nitrogen and oxygen atoms in total. The molecule has 1 aromatic rings. The van der Waals surface area contributed by atoms with Crippen LogP contribution in [0.2, 0.25) is 0 Å². The normalized spacial score (nSPS) is 24.3. The van der Waals surface area contributed by atoms with Crippen LogP contribution in [0, 0.1) is 5.92 Å². The van der Waals surface area contributed by atoms with Gasteiger partial charge in [-0.3, -0.25) is 0 Å². The monoisotopic (exact) mass is 396 g/mol. The fourth-order valence-corrected chi connectivity index (χ4v) is 4.56. The summed E-state index contributed by atoms with van der Waals surface area (Å²) in [5.74, 6) is 1.79. The molecule has 27 heavy (non-hydrogen) atoms. The number of sulfonamides is 1. The van der Waals surface area contributed by atoms with E-state index < -0.39 is 10.0 Å². The van der Waals surface area contributed by atoms with E-state index in [2.05, 4.69) is 20.2 Å². The van der Waals surface area contributed by atoms with Gasteiger partial charge < -0.3 is 10.1 Å². The van der Waals surface area contributed by atoms with Crippen molar-refractivity contribution in [1.82, 2.24) is 14.9 Å². The van der Waals surface area contributed by atoms with Crippen molar-refractivity contribution in [2.75, 3.05) is 11.9 Å². The van der Waals surface area contributed by atoms with Gasteiger partial charge in [-0.05, 0) is 77.2 Å². The Hall–Kier alpha value is -1.41. The summed E-state index contributed by atoms with van der Waals surface area (Å²) >= 11 is 0. The van der Waals surface area contributed by atoms with Gasteiger partial charge in [0.15, 0.2) is 0 Å². The summed E-state index contributed by atoms with van der Waals surface area (Å²) in [7, 11) is -3.17. The van der Waals surface area contributed by atoms with Gasteiger partial charge in [-0.15, -0.1) is 10.2 Å². The van der Waals surface area contributed by atoms with Gasteiger partial charge in [-0.25, -0.2) is 13.1 Å². The molecule has 1 aromatic heterocycles. The Morgan fingerprint density at radius 3 is 2.37 bits per heavy atom. The molecule has 1 heterocycles. The molecule has 2 fully saturated rings. The number of anilines is 1. The molecule has 152 valence electrons. The van der Waals surface area contributed by atoms with Crippen LogP contribution in [0.4, 0.5) is 5.82 Å². The quantitative estimate of drug-likeness (QED) is 0.701. The molecule has 0 radical (unpaired) electrons. The molecular weight excluding hydrogens is 364 g/mol. The SMILES string of the molecule is CC(C)S(=O)(=O)NC[C@H]1CC[C@H](Nc2ccc(OC3CCCC3)nn2)CC1.